The lowest BCUT2D eigenvalue weighted by molar-refractivity contribution is -0.0735. The zero-order valence-corrected chi connectivity index (χ0v) is 15.8. The Morgan fingerprint density at radius 3 is 2.71 bits per heavy atom. The number of nitrogens with one attached hydrogen (secondary N) is 2. The highest BCUT2D eigenvalue weighted by molar-refractivity contribution is 7.46. The summed E-state index contributed by atoms with van der Waals surface area (Å²) in [5, 5.41) is 13.1. The van der Waals surface area contributed by atoms with Crippen LogP contribution in [-0.2, 0) is 18.6 Å². The van der Waals surface area contributed by atoms with Crippen molar-refractivity contribution in [3.05, 3.63) is 32.6 Å². The fourth-order valence-electron chi connectivity index (χ4n) is 2.63. The predicted octanol–water partition coefficient (Wildman–Crippen LogP) is -3.61. The van der Waals surface area contributed by atoms with Gasteiger partial charge in [-0.25, -0.2) is 9.36 Å². The molecular weight excluding hydrogens is 401 g/mol. The molecule has 160 valence electrons. The van der Waals surface area contributed by atoms with Crippen LogP contribution in [0.5, 0.6) is 0 Å². The van der Waals surface area contributed by atoms with Crippen LogP contribution in [0.3, 0.4) is 0 Å². The largest absolute Gasteiger partial charge is 0.469 e. The quantitative estimate of drug-likeness (QED) is 0.116. The third kappa shape index (κ3) is 6.02. The predicted molar refractivity (Wildman–Crippen MR) is 93.9 cm³/mol. The summed E-state index contributed by atoms with van der Waals surface area (Å²) in [6.07, 6.45) is -4.43. The molecule has 0 saturated carbocycles. The molecule has 1 aliphatic rings. The molecule has 1 aromatic heterocycles. The van der Waals surface area contributed by atoms with E-state index in [4.69, 9.17) is 30.7 Å². The second-order valence-electron chi connectivity index (χ2n) is 6.14. The lowest BCUT2D eigenvalue weighted by Crippen LogP contribution is -2.47. The Bertz CT molecular complexity index is 821. The van der Waals surface area contributed by atoms with Gasteiger partial charge in [0.25, 0.3) is 5.56 Å². The molecule has 0 unspecified atom stereocenters. The number of ether oxygens (including phenoxy) is 2. The first-order chi connectivity index (χ1) is 13.0. The van der Waals surface area contributed by atoms with Gasteiger partial charge >= 0.3 is 13.5 Å². The SMILES string of the molecule is Cc1cn([C@@H]2O[C@H](COP(=O)(O)O)[C@@H](O)[C@H]2OCCNC(N)N)c(=O)[nH]c1=O. The summed E-state index contributed by atoms with van der Waals surface area (Å²) in [5.41, 5.74) is 9.53. The number of H-pyrrole nitrogens is 1. The van der Waals surface area contributed by atoms with Gasteiger partial charge in [-0.05, 0) is 6.92 Å². The number of aryl methyl sites for hydroxylation is 1. The smallest absolute Gasteiger partial charge is 0.387 e. The first-order valence-corrected chi connectivity index (χ1v) is 9.74. The molecule has 0 radical (unpaired) electrons. The molecule has 28 heavy (non-hydrogen) atoms. The number of aromatic nitrogens is 2. The molecule has 15 heteroatoms. The van der Waals surface area contributed by atoms with E-state index in [1.54, 1.807) is 0 Å². The number of hydrogen-bond donors (Lipinski definition) is 7. The molecule has 14 nitrogen and oxygen atoms in total. The lowest BCUT2D eigenvalue weighted by atomic mass is 10.1. The van der Waals surface area contributed by atoms with E-state index in [-0.39, 0.29) is 18.7 Å². The van der Waals surface area contributed by atoms with E-state index in [2.05, 4.69) is 14.8 Å². The first-order valence-electron chi connectivity index (χ1n) is 8.21. The standard InChI is InChI=1S/C13H24N5O9P/c1-6-4-18(13(21)17-10(6)20)11-9(25-3-2-16-12(14)15)8(19)7(27-11)5-26-28(22,23)24/h4,7-9,11-12,16,19H,2-3,5,14-15H2,1H3,(H,17,20,21)(H2,22,23,24)/t7-,8-,9-,11-/m1/s1. The average Bonchev–Trinajstić information content (AvgIpc) is 2.88. The third-order valence-corrected chi connectivity index (χ3v) is 4.42. The summed E-state index contributed by atoms with van der Waals surface area (Å²) < 4.78 is 27.4. The number of phosphoric acid groups is 1. The fraction of sp³-hybridized carbons (Fsp3) is 0.692. The fourth-order valence-corrected chi connectivity index (χ4v) is 2.97. The van der Waals surface area contributed by atoms with Gasteiger partial charge < -0.3 is 35.8 Å². The van der Waals surface area contributed by atoms with Crippen molar-refractivity contribution < 1.29 is 33.5 Å². The molecule has 2 rings (SSSR count). The average molecular weight is 425 g/mol. The van der Waals surface area contributed by atoms with E-state index in [0.717, 1.165) is 4.57 Å². The Hall–Kier alpha value is -1.45. The van der Waals surface area contributed by atoms with Crippen LogP contribution in [0, 0.1) is 6.92 Å². The molecule has 1 aliphatic heterocycles. The number of aliphatic hydroxyl groups is 1. The van der Waals surface area contributed by atoms with E-state index in [1.807, 2.05) is 0 Å². The Morgan fingerprint density at radius 2 is 2.11 bits per heavy atom. The van der Waals surface area contributed by atoms with E-state index in [9.17, 15) is 19.3 Å². The molecular formula is C13H24N5O9P. The van der Waals surface area contributed by atoms with Crippen LogP contribution in [0.1, 0.15) is 11.8 Å². The highest BCUT2D eigenvalue weighted by atomic mass is 31.2. The first kappa shape index (κ1) is 22.8. The van der Waals surface area contributed by atoms with Gasteiger partial charge in [0.05, 0.1) is 13.2 Å². The van der Waals surface area contributed by atoms with Gasteiger partial charge in [-0.2, -0.15) is 0 Å². The minimum atomic E-state index is -4.80. The molecule has 0 amide bonds. The Morgan fingerprint density at radius 1 is 1.43 bits per heavy atom. The number of rotatable bonds is 9. The molecule has 9 N–H and O–H groups in total. The summed E-state index contributed by atoms with van der Waals surface area (Å²) in [7, 11) is -4.80. The maximum absolute atomic E-state index is 12.2. The minimum Gasteiger partial charge on any atom is -0.387 e. The monoisotopic (exact) mass is 425 g/mol. The van der Waals surface area contributed by atoms with Gasteiger partial charge in [-0.3, -0.25) is 24.2 Å². The van der Waals surface area contributed by atoms with Crippen LogP contribution in [0.15, 0.2) is 15.8 Å². The normalized spacial score (nSPS) is 25.5. The van der Waals surface area contributed by atoms with Crippen molar-refractivity contribution >= 4 is 7.82 Å². The van der Waals surface area contributed by atoms with Gasteiger partial charge in [-0.1, -0.05) is 0 Å². The molecule has 1 saturated heterocycles. The van der Waals surface area contributed by atoms with Crippen LogP contribution in [0.4, 0.5) is 0 Å². The van der Waals surface area contributed by atoms with Crippen molar-refractivity contribution in [1.29, 1.82) is 0 Å². The second-order valence-corrected chi connectivity index (χ2v) is 7.38. The molecule has 1 fully saturated rings. The Kier molecular flexibility index (Phi) is 7.64. The maximum Gasteiger partial charge on any atom is 0.469 e. The van der Waals surface area contributed by atoms with Crippen LogP contribution >= 0.6 is 7.82 Å². The number of phosphoric ester groups is 1. The van der Waals surface area contributed by atoms with Crippen molar-refractivity contribution in [2.75, 3.05) is 19.8 Å². The summed E-state index contributed by atoms with van der Waals surface area (Å²) in [5.74, 6) is 0. The van der Waals surface area contributed by atoms with Crippen LogP contribution in [-0.4, -0.2) is 68.8 Å². The minimum absolute atomic E-state index is 0.0235. The third-order valence-electron chi connectivity index (χ3n) is 3.93. The zero-order chi connectivity index (χ0) is 21.1. The van der Waals surface area contributed by atoms with Crippen molar-refractivity contribution in [3.8, 4) is 0 Å². The van der Waals surface area contributed by atoms with E-state index in [1.165, 1.54) is 13.1 Å². The van der Waals surface area contributed by atoms with Gasteiger partial charge in [0.15, 0.2) is 6.23 Å². The topological polar surface area (TPSA) is 224 Å². The summed E-state index contributed by atoms with van der Waals surface area (Å²) in [6.45, 7) is 1.06. The maximum atomic E-state index is 12.2. The van der Waals surface area contributed by atoms with Crippen molar-refractivity contribution in [2.24, 2.45) is 11.5 Å². The van der Waals surface area contributed by atoms with E-state index in [0.29, 0.717) is 0 Å². The van der Waals surface area contributed by atoms with E-state index < -0.39 is 56.5 Å². The highest BCUT2D eigenvalue weighted by Crippen LogP contribution is 2.38. The number of aromatic amines is 1. The Labute approximate surface area is 158 Å². The Balaban J connectivity index is 2.23. The zero-order valence-electron chi connectivity index (χ0n) is 14.9. The molecule has 2 heterocycles. The van der Waals surface area contributed by atoms with Gasteiger partial charge in [-0.15, -0.1) is 0 Å². The number of nitrogens with two attached hydrogens (primary N) is 2. The molecule has 0 aliphatic carbocycles. The van der Waals surface area contributed by atoms with Crippen LogP contribution < -0.4 is 28.0 Å². The summed E-state index contributed by atoms with van der Waals surface area (Å²) in [4.78, 5) is 43.5. The second kappa shape index (κ2) is 9.37. The molecule has 0 bridgehead atoms. The summed E-state index contributed by atoms with van der Waals surface area (Å²) >= 11 is 0. The molecule has 0 aromatic carbocycles. The van der Waals surface area contributed by atoms with Crippen molar-refractivity contribution in [1.82, 2.24) is 14.9 Å². The molecule has 0 spiro atoms. The van der Waals surface area contributed by atoms with E-state index >= 15 is 0 Å². The van der Waals surface area contributed by atoms with Crippen LogP contribution in [0.25, 0.3) is 0 Å². The van der Waals surface area contributed by atoms with Crippen molar-refractivity contribution in [2.45, 2.75) is 37.8 Å². The van der Waals surface area contributed by atoms with Crippen molar-refractivity contribution in [3.63, 3.8) is 0 Å². The van der Waals surface area contributed by atoms with Gasteiger partial charge in [0.2, 0.25) is 0 Å². The number of aliphatic hydroxyl groups excluding tert-OH is 1. The molecule has 1 aromatic rings. The molecule has 4 atom stereocenters. The number of hydrogen-bond acceptors (Lipinski definition) is 10. The van der Waals surface area contributed by atoms with Gasteiger partial charge in [0.1, 0.15) is 24.6 Å². The van der Waals surface area contributed by atoms with Gasteiger partial charge in [0, 0.05) is 18.3 Å². The summed E-state index contributed by atoms with van der Waals surface area (Å²) in [6, 6.07) is 0. The number of nitrogens with zero attached hydrogens (tertiary/aromatic N) is 1. The highest BCUT2D eigenvalue weighted by Gasteiger charge is 2.46. The van der Waals surface area contributed by atoms with Crippen LogP contribution in [0.2, 0.25) is 0 Å². The lowest BCUT2D eigenvalue weighted by Gasteiger charge is -2.23.